The summed E-state index contributed by atoms with van der Waals surface area (Å²) < 4.78 is 76.7. The third-order valence-corrected chi connectivity index (χ3v) is 11.3. The van der Waals surface area contributed by atoms with Gasteiger partial charge in [-0.05, 0) is 74.5 Å². The Balaban J connectivity index is 1.29. The predicted molar refractivity (Wildman–Crippen MR) is 185 cm³/mol. The largest absolute Gasteiger partial charge is 0.485 e. The molecule has 50 heavy (non-hydrogen) atoms. The number of alkyl halides is 3. The lowest BCUT2D eigenvalue weighted by molar-refractivity contribution is -0.143. The minimum absolute atomic E-state index is 0.0334. The first-order valence-electron chi connectivity index (χ1n) is 15.5. The number of carbonyl (C=O) groups is 1. The number of aliphatic hydroxyl groups excluding tert-OH is 1. The van der Waals surface area contributed by atoms with Gasteiger partial charge in [0.25, 0.3) is 15.9 Å². The first kappa shape index (κ1) is 35.1. The summed E-state index contributed by atoms with van der Waals surface area (Å²) in [7, 11) is -3.19. The molecule has 0 bridgehead atoms. The van der Waals surface area contributed by atoms with Crippen molar-refractivity contribution in [2.75, 3.05) is 23.3 Å². The number of hydrogen-bond acceptors (Lipinski definition) is 8. The highest BCUT2D eigenvalue weighted by molar-refractivity contribution is 7.91. The molecule has 0 saturated heterocycles. The van der Waals surface area contributed by atoms with Gasteiger partial charge in [-0.15, -0.1) is 11.3 Å². The number of thiophene rings is 1. The van der Waals surface area contributed by atoms with Crippen LogP contribution in [0.3, 0.4) is 0 Å². The first-order chi connectivity index (χ1) is 23.6. The van der Waals surface area contributed by atoms with E-state index in [0.29, 0.717) is 23.5 Å². The normalized spacial score (nSPS) is 17.1. The number of ether oxygens (including phenoxy) is 1. The number of aromatic nitrogens is 2. The van der Waals surface area contributed by atoms with Crippen LogP contribution in [0.4, 0.5) is 24.5 Å². The van der Waals surface area contributed by atoms with Crippen LogP contribution in [0.15, 0.2) is 101 Å². The van der Waals surface area contributed by atoms with Crippen molar-refractivity contribution >= 4 is 38.6 Å². The molecule has 2 aromatic heterocycles. The Bertz CT molecular complexity index is 2100. The van der Waals surface area contributed by atoms with Crippen molar-refractivity contribution < 1.29 is 36.2 Å². The minimum atomic E-state index is -4.63. The smallest absolute Gasteiger partial charge is 0.433 e. The molecule has 1 aliphatic heterocycles. The average molecular weight is 726 g/mol. The second kappa shape index (κ2) is 13.5. The Morgan fingerprint density at radius 3 is 2.36 bits per heavy atom. The maximum atomic E-state index is 14.1. The number of carbonyl (C=O) groups excluding carboxylic acids is 1. The predicted octanol–water partition coefficient (Wildman–Crippen LogP) is 6.48. The summed E-state index contributed by atoms with van der Waals surface area (Å²) in [5.74, 6) is -0.0760. The van der Waals surface area contributed by atoms with E-state index in [1.165, 1.54) is 18.2 Å². The number of benzene rings is 3. The summed E-state index contributed by atoms with van der Waals surface area (Å²) in [5, 5.41) is 18.6. The zero-order chi connectivity index (χ0) is 35.8. The van der Waals surface area contributed by atoms with Gasteiger partial charge in [0.1, 0.15) is 33.1 Å². The number of fused-ring (bicyclic) bond motifs is 1. The highest BCUT2D eigenvalue weighted by atomic mass is 32.2. The van der Waals surface area contributed by atoms with Gasteiger partial charge in [-0.1, -0.05) is 36.4 Å². The maximum Gasteiger partial charge on any atom is 0.433 e. The molecular weight excluding hydrogens is 692 g/mol. The number of aliphatic hydroxyl groups is 1. The fourth-order valence-corrected chi connectivity index (χ4v) is 8.22. The monoisotopic (exact) mass is 725 g/mol. The van der Waals surface area contributed by atoms with Gasteiger partial charge in [0.2, 0.25) is 0 Å². The maximum absolute atomic E-state index is 14.1. The second-order valence-electron chi connectivity index (χ2n) is 12.2. The Morgan fingerprint density at radius 2 is 1.70 bits per heavy atom. The quantitative estimate of drug-likeness (QED) is 0.151. The van der Waals surface area contributed by atoms with Gasteiger partial charge in [-0.2, -0.15) is 18.3 Å². The van der Waals surface area contributed by atoms with E-state index in [4.69, 9.17) is 4.74 Å². The van der Waals surface area contributed by atoms with E-state index in [1.807, 2.05) is 60.7 Å². The van der Waals surface area contributed by atoms with Crippen LogP contribution >= 0.6 is 11.3 Å². The van der Waals surface area contributed by atoms with Crippen molar-refractivity contribution in [1.82, 2.24) is 14.5 Å². The molecule has 5 aromatic rings. The number of para-hydroxylation sites is 2. The highest BCUT2D eigenvalue weighted by Gasteiger charge is 2.45. The lowest BCUT2D eigenvalue weighted by Crippen LogP contribution is -2.53. The second-order valence-corrected chi connectivity index (χ2v) is 15.3. The molecule has 3 N–H and O–H groups in total. The van der Waals surface area contributed by atoms with Gasteiger partial charge in [0.15, 0.2) is 0 Å². The molecule has 0 fully saturated rings. The van der Waals surface area contributed by atoms with Gasteiger partial charge < -0.3 is 20.1 Å². The SMILES string of the molecule is Cn1nc(-c2ccc(S(=O)(=O)N[C@@H]3c4cc(C(=O)N(CCNc5ccccc5)c5ccccc5)ccc4OC(C)(C)[C@H]3O)s2)cc1C(F)(F)F. The summed E-state index contributed by atoms with van der Waals surface area (Å²) in [4.78, 5) is 15.9. The van der Waals surface area contributed by atoms with Gasteiger partial charge in [0.05, 0.1) is 10.9 Å². The minimum Gasteiger partial charge on any atom is -0.485 e. The molecule has 0 unspecified atom stereocenters. The van der Waals surface area contributed by atoms with Gasteiger partial charge >= 0.3 is 6.18 Å². The summed E-state index contributed by atoms with van der Waals surface area (Å²) >= 11 is 0.739. The van der Waals surface area contributed by atoms with Crippen molar-refractivity contribution in [3.05, 3.63) is 114 Å². The lowest BCUT2D eigenvalue weighted by atomic mass is 9.86. The van der Waals surface area contributed by atoms with Gasteiger partial charge in [-0.25, -0.2) is 13.1 Å². The summed E-state index contributed by atoms with van der Waals surface area (Å²) in [6, 6.07) is 25.6. The molecule has 0 aliphatic carbocycles. The molecule has 3 aromatic carbocycles. The molecule has 2 atom stereocenters. The van der Waals surface area contributed by atoms with E-state index < -0.39 is 39.6 Å². The summed E-state index contributed by atoms with van der Waals surface area (Å²) in [6.07, 6.45) is -6.02. The van der Waals surface area contributed by atoms with Crippen LogP contribution in [-0.2, 0) is 23.2 Å². The summed E-state index contributed by atoms with van der Waals surface area (Å²) in [6.45, 7) is 3.96. The standard InChI is InChI=1S/C35H34F3N5O5S2/c1-34(2)32(44)31(41-50(46,47)30-17-16-28(49-30)26-21-29(35(36,37)38)42(3)40-26)25-20-22(14-15-27(25)48-34)33(45)43(24-12-8-5-9-13-24)19-18-39-23-10-6-4-7-11-23/h4-17,20-21,31-32,39,41,44H,18-19H2,1-3H3/t31-,32+/m1/s1. The number of amides is 1. The molecule has 3 heterocycles. The van der Waals surface area contributed by atoms with Gasteiger partial charge in [-0.3, -0.25) is 9.48 Å². The molecule has 0 saturated carbocycles. The number of halogens is 3. The van der Waals surface area contributed by atoms with E-state index in [2.05, 4.69) is 15.1 Å². The van der Waals surface area contributed by atoms with Crippen molar-refractivity contribution in [1.29, 1.82) is 0 Å². The van der Waals surface area contributed by atoms with Crippen molar-refractivity contribution in [3.8, 4) is 16.3 Å². The Labute approximate surface area is 291 Å². The van der Waals surface area contributed by atoms with Gasteiger partial charge in [0, 0.05) is 42.6 Å². The van der Waals surface area contributed by atoms with E-state index in [9.17, 15) is 31.5 Å². The summed E-state index contributed by atoms with van der Waals surface area (Å²) in [5.41, 5.74) is -0.199. The molecular formula is C35H34F3N5O5S2. The highest BCUT2D eigenvalue weighted by Crippen LogP contribution is 2.42. The molecule has 1 aliphatic rings. The van der Waals surface area contributed by atoms with E-state index in [1.54, 1.807) is 30.9 Å². The number of hydrogen-bond donors (Lipinski definition) is 3. The third-order valence-electron chi connectivity index (χ3n) is 8.30. The number of nitrogens with one attached hydrogen (secondary N) is 2. The van der Waals surface area contributed by atoms with Crippen molar-refractivity contribution in [2.45, 2.75) is 42.0 Å². The molecule has 10 nitrogen and oxygen atoms in total. The van der Waals surface area contributed by atoms with Crippen LogP contribution < -0.4 is 19.7 Å². The molecule has 262 valence electrons. The lowest BCUT2D eigenvalue weighted by Gasteiger charge is -2.42. The van der Waals surface area contributed by atoms with E-state index >= 15 is 0 Å². The molecule has 15 heteroatoms. The third kappa shape index (κ3) is 7.26. The Morgan fingerprint density at radius 1 is 1.02 bits per heavy atom. The van der Waals surface area contributed by atoms with E-state index in [0.717, 1.165) is 30.1 Å². The molecule has 0 radical (unpaired) electrons. The van der Waals surface area contributed by atoms with Crippen molar-refractivity contribution in [2.24, 2.45) is 7.05 Å². The number of aryl methyl sites for hydroxylation is 1. The van der Waals surface area contributed by atoms with Crippen LogP contribution in [0.5, 0.6) is 5.75 Å². The molecule has 0 spiro atoms. The number of sulfonamides is 1. The van der Waals surface area contributed by atoms with E-state index in [-0.39, 0.29) is 37.6 Å². The topological polar surface area (TPSA) is 126 Å². The fourth-order valence-electron chi connectivity index (χ4n) is 5.72. The molecule has 1 amide bonds. The first-order valence-corrected chi connectivity index (χ1v) is 17.8. The number of rotatable bonds is 10. The molecule has 6 rings (SSSR count). The van der Waals surface area contributed by atoms with Crippen LogP contribution in [-0.4, -0.2) is 54.0 Å². The van der Waals surface area contributed by atoms with Crippen LogP contribution in [0, 0.1) is 0 Å². The Hall–Kier alpha value is -4.70. The zero-order valence-electron chi connectivity index (χ0n) is 27.2. The number of anilines is 2. The van der Waals surface area contributed by atoms with Crippen LogP contribution in [0.1, 0.15) is 41.5 Å². The van der Waals surface area contributed by atoms with Crippen LogP contribution in [0.2, 0.25) is 0 Å². The zero-order valence-corrected chi connectivity index (χ0v) is 28.8. The number of nitrogens with zero attached hydrogens (tertiary/aromatic N) is 3. The van der Waals surface area contributed by atoms with Crippen LogP contribution in [0.25, 0.3) is 10.6 Å². The Kier molecular flexibility index (Phi) is 9.52. The van der Waals surface area contributed by atoms with Crippen molar-refractivity contribution in [3.63, 3.8) is 0 Å². The average Bonchev–Trinajstić information content (AvgIpc) is 3.74. The fraction of sp³-hybridized carbons (Fsp3) is 0.257.